The molecule has 0 aromatic heterocycles. The van der Waals surface area contributed by atoms with Crippen LogP contribution in [0.25, 0.3) is 0 Å². The van der Waals surface area contributed by atoms with Crippen LogP contribution in [0.1, 0.15) is 30.4 Å². The van der Waals surface area contributed by atoms with Gasteiger partial charge in [0.25, 0.3) is 0 Å². The zero-order chi connectivity index (χ0) is 14.9. The quantitative estimate of drug-likeness (QED) is 0.630. The molecule has 1 aromatic rings. The van der Waals surface area contributed by atoms with Crippen molar-refractivity contribution in [3.05, 3.63) is 29.3 Å². The van der Waals surface area contributed by atoms with E-state index in [4.69, 9.17) is 0 Å². The molecule has 112 valence electrons. The van der Waals surface area contributed by atoms with Crippen LogP contribution < -0.4 is 0 Å². The number of carbonyl (C=O) groups excluding carboxylic acids is 1. The van der Waals surface area contributed by atoms with Crippen molar-refractivity contribution < 1.29 is 13.2 Å². The van der Waals surface area contributed by atoms with Gasteiger partial charge in [-0.1, -0.05) is 6.07 Å². The number of benzene rings is 1. The van der Waals surface area contributed by atoms with Crippen LogP contribution in [0.2, 0.25) is 0 Å². The van der Waals surface area contributed by atoms with E-state index in [1.54, 1.807) is 12.1 Å². The normalized spacial score (nSPS) is 20.0. The summed E-state index contributed by atoms with van der Waals surface area (Å²) in [5.41, 5.74) is 2.43. The summed E-state index contributed by atoms with van der Waals surface area (Å²) in [5.74, 6) is 0. The van der Waals surface area contributed by atoms with E-state index in [0.29, 0.717) is 30.8 Å². The zero-order valence-electron chi connectivity index (χ0n) is 11.8. The second-order valence-corrected chi connectivity index (χ2v) is 7.58. The summed E-state index contributed by atoms with van der Waals surface area (Å²) in [7, 11) is -3.43. The lowest BCUT2D eigenvalue weighted by Crippen LogP contribution is -2.39. The Bertz CT molecular complexity index is 685. The van der Waals surface area contributed by atoms with Gasteiger partial charge in [0.05, 0.1) is 10.9 Å². The standard InChI is InChI=1S/C15H18N2O3S/c18-11-16-14-6-8-17(9-7-14)21(19,20)15-5-4-12-2-1-3-13(12)10-15/h4-5,10,14H,1-3,6-9H2. The third-order valence-corrected chi connectivity index (χ3v) is 6.26. The Labute approximate surface area is 124 Å². The van der Waals surface area contributed by atoms with Crippen molar-refractivity contribution in [1.29, 1.82) is 0 Å². The Balaban J connectivity index is 1.80. The SMILES string of the molecule is O=C=NC1CCN(S(=O)(=O)c2ccc3c(c2)CCC3)CC1. The fraction of sp³-hybridized carbons (Fsp3) is 0.533. The van der Waals surface area contributed by atoms with Gasteiger partial charge in [0.15, 0.2) is 0 Å². The van der Waals surface area contributed by atoms with Gasteiger partial charge in [0.1, 0.15) is 0 Å². The molecule has 0 unspecified atom stereocenters. The number of isocyanates is 1. The highest BCUT2D eigenvalue weighted by molar-refractivity contribution is 7.89. The van der Waals surface area contributed by atoms with Gasteiger partial charge in [-0.25, -0.2) is 18.2 Å². The van der Waals surface area contributed by atoms with E-state index < -0.39 is 10.0 Å². The molecule has 0 radical (unpaired) electrons. The monoisotopic (exact) mass is 306 g/mol. The molecule has 5 nitrogen and oxygen atoms in total. The molecule has 1 saturated heterocycles. The predicted octanol–water partition coefficient (Wildman–Crippen LogP) is 1.66. The number of nitrogens with zero attached hydrogens (tertiary/aromatic N) is 2. The molecule has 0 N–H and O–H groups in total. The van der Waals surface area contributed by atoms with Crippen molar-refractivity contribution in [3.8, 4) is 0 Å². The molecule has 0 atom stereocenters. The van der Waals surface area contributed by atoms with E-state index in [1.807, 2.05) is 12.1 Å². The van der Waals surface area contributed by atoms with Crippen molar-refractivity contribution in [2.45, 2.75) is 43.0 Å². The number of sulfonamides is 1. The maximum absolute atomic E-state index is 12.7. The van der Waals surface area contributed by atoms with Gasteiger partial charge >= 0.3 is 0 Å². The number of fused-ring (bicyclic) bond motifs is 1. The number of hydrogen-bond acceptors (Lipinski definition) is 4. The second kappa shape index (κ2) is 5.72. The molecular formula is C15H18N2O3S. The lowest BCUT2D eigenvalue weighted by Gasteiger charge is -2.28. The van der Waals surface area contributed by atoms with Crippen LogP contribution in [0.3, 0.4) is 0 Å². The summed E-state index contributed by atoms with van der Waals surface area (Å²) in [6.07, 6.45) is 5.84. The molecule has 1 heterocycles. The molecule has 0 bridgehead atoms. The first kappa shape index (κ1) is 14.4. The van der Waals surface area contributed by atoms with Gasteiger partial charge < -0.3 is 0 Å². The van der Waals surface area contributed by atoms with Crippen molar-refractivity contribution >= 4 is 16.1 Å². The first-order valence-corrected chi connectivity index (χ1v) is 8.74. The number of aryl methyl sites for hydroxylation is 2. The molecule has 1 aliphatic carbocycles. The average molecular weight is 306 g/mol. The molecular weight excluding hydrogens is 288 g/mol. The maximum Gasteiger partial charge on any atom is 0.243 e. The van der Waals surface area contributed by atoms with E-state index in [0.717, 1.165) is 24.8 Å². The van der Waals surface area contributed by atoms with Gasteiger partial charge in [0.2, 0.25) is 16.1 Å². The minimum absolute atomic E-state index is 0.0889. The number of piperidine rings is 1. The Morgan fingerprint density at radius 1 is 1.14 bits per heavy atom. The minimum atomic E-state index is -3.43. The van der Waals surface area contributed by atoms with Crippen LogP contribution in [-0.4, -0.2) is 37.9 Å². The highest BCUT2D eigenvalue weighted by Crippen LogP contribution is 2.27. The molecule has 1 fully saturated rings. The summed E-state index contributed by atoms with van der Waals surface area (Å²) >= 11 is 0. The van der Waals surface area contributed by atoms with Gasteiger partial charge in [-0.15, -0.1) is 0 Å². The third kappa shape index (κ3) is 2.79. The molecule has 6 heteroatoms. The maximum atomic E-state index is 12.7. The molecule has 2 aliphatic rings. The van der Waals surface area contributed by atoms with Crippen molar-refractivity contribution in [3.63, 3.8) is 0 Å². The topological polar surface area (TPSA) is 66.8 Å². The minimum Gasteiger partial charge on any atom is -0.211 e. The smallest absolute Gasteiger partial charge is 0.211 e. The van der Waals surface area contributed by atoms with Gasteiger partial charge in [0, 0.05) is 13.1 Å². The fourth-order valence-corrected chi connectivity index (χ4v) is 4.66. The van der Waals surface area contributed by atoms with Crippen LogP contribution in [0.15, 0.2) is 28.1 Å². The predicted molar refractivity (Wildman–Crippen MR) is 78.4 cm³/mol. The Kier molecular flexibility index (Phi) is 3.93. The lowest BCUT2D eigenvalue weighted by molar-refractivity contribution is 0.320. The molecule has 21 heavy (non-hydrogen) atoms. The average Bonchev–Trinajstić information content (AvgIpc) is 2.95. The van der Waals surface area contributed by atoms with Crippen LogP contribution in [-0.2, 0) is 27.7 Å². The van der Waals surface area contributed by atoms with E-state index >= 15 is 0 Å². The Hall–Kier alpha value is -1.49. The Morgan fingerprint density at radius 3 is 2.57 bits per heavy atom. The van der Waals surface area contributed by atoms with E-state index in [1.165, 1.54) is 9.87 Å². The highest BCUT2D eigenvalue weighted by atomic mass is 32.2. The Morgan fingerprint density at radius 2 is 1.86 bits per heavy atom. The molecule has 1 aliphatic heterocycles. The summed E-state index contributed by atoms with van der Waals surface area (Å²) in [6, 6.07) is 5.40. The molecule has 0 saturated carbocycles. The zero-order valence-corrected chi connectivity index (χ0v) is 12.6. The number of aliphatic imine (C=N–C) groups is 1. The number of rotatable bonds is 3. The lowest BCUT2D eigenvalue weighted by atomic mass is 10.1. The largest absolute Gasteiger partial charge is 0.243 e. The van der Waals surface area contributed by atoms with E-state index in [-0.39, 0.29) is 6.04 Å². The first-order chi connectivity index (χ1) is 10.1. The second-order valence-electron chi connectivity index (χ2n) is 5.64. The molecule has 1 aromatic carbocycles. The molecule has 3 rings (SSSR count). The van der Waals surface area contributed by atoms with Crippen LogP contribution in [0.4, 0.5) is 0 Å². The van der Waals surface area contributed by atoms with Gasteiger partial charge in [-0.3, -0.25) is 0 Å². The van der Waals surface area contributed by atoms with Crippen molar-refractivity contribution in [2.75, 3.05) is 13.1 Å². The highest BCUT2D eigenvalue weighted by Gasteiger charge is 2.30. The third-order valence-electron chi connectivity index (χ3n) is 4.37. The molecule has 0 spiro atoms. The van der Waals surface area contributed by atoms with E-state index in [2.05, 4.69) is 4.99 Å². The summed E-state index contributed by atoms with van der Waals surface area (Å²) < 4.78 is 26.8. The first-order valence-electron chi connectivity index (χ1n) is 7.30. The van der Waals surface area contributed by atoms with Crippen LogP contribution in [0.5, 0.6) is 0 Å². The van der Waals surface area contributed by atoms with Gasteiger partial charge in [-0.2, -0.15) is 4.31 Å². The summed E-state index contributed by atoms with van der Waals surface area (Å²) in [4.78, 5) is 14.3. The fourth-order valence-electron chi connectivity index (χ4n) is 3.14. The number of hydrogen-bond donors (Lipinski definition) is 0. The van der Waals surface area contributed by atoms with Crippen molar-refractivity contribution in [1.82, 2.24) is 4.31 Å². The van der Waals surface area contributed by atoms with Crippen molar-refractivity contribution in [2.24, 2.45) is 4.99 Å². The van der Waals surface area contributed by atoms with E-state index in [9.17, 15) is 13.2 Å². The van der Waals surface area contributed by atoms with Gasteiger partial charge in [-0.05, 0) is 55.4 Å². The molecule has 0 amide bonds. The van der Waals surface area contributed by atoms with Crippen LogP contribution in [0, 0.1) is 0 Å². The summed E-state index contributed by atoms with van der Waals surface area (Å²) in [6.45, 7) is 0.824. The summed E-state index contributed by atoms with van der Waals surface area (Å²) in [5, 5.41) is 0. The van der Waals surface area contributed by atoms with Crippen LogP contribution >= 0.6 is 0 Å².